The molecule has 0 radical (unpaired) electrons. The van der Waals surface area contributed by atoms with Gasteiger partial charge in [0.15, 0.2) is 12.4 Å². The van der Waals surface area contributed by atoms with Crippen LogP contribution in [0.5, 0.6) is 5.75 Å². The van der Waals surface area contributed by atoms with Gasteiger partial charge < -0.3 is 9.64 Å². The second-order valence-corrected chi connectivity index (χ2v) is 5.07. The Balaban J connectivity index is 1.92. The zero-order valence-corrected chi connectivity index (χ0v) is 11.7. The standard InChI is InChI=1S/C13H13Cl2NO3/c14-10-2-1-3-11(15)13(10)19-8-12(18)16-6-4-9(17)5-7-16/h1-3H,4-8H2. The zero-order valence-electron chi connectivity index (χ0n) is 10.2. The fourth-order valence-corrected chi connectivity index (χ4v) is 2.36. The number of hydrogen-bond donors (Lipinski definition) is 0. The van der Waals surface area contributed by atoms with Gasteiger partial charge in [0.1, 0.15) is 5.78 Å². The maximum Gasteiger partial charge on any atom is 0.260 e. The van der Waals surface area contributed by atoms with Gasteiger partial charge in [-0.1, -0.05) is 29.3 Å². The number of ether oxygens (including phenoxy) is 1. The summed E-state index contributed by atoms with van der Waals surface area (Å²) in [5.74, 6) is 0.342. The number of ketones is 1. The van der Waals surface area contributed by atoms with Crippen LogP contribution in [0.3, 0.4) is 0 Å². The second kappa shape index (κ2) is 6.26. The number of hydrogen-bond acceptors (Lipinski definition) is 3. The molecule has 102 valence electrons. The molecule has 0 aliphatic carbocycles. The summed E-state index contributed by atoms with van der Waals surface area (Å²) < 4.78 is 5.37. The third-order valence-electron chi connectivity index (χ3n) is 2.93. The van der Waals surface area contributed by atoms with Crippen molar-refractivity contribution in [2.24, 2.45) is 0 Å². The normalized spacial score (nSPS) is 15.5. The number of nitrogens with zero attached hydrogens (tertiary/aromatic N) is 1. The van der Waals surface area contributed by atoms with E-state index in [0.29, 0.717) is 41.7 Å². The van der Waals surface area contributed by atoms with Crippen LogP contribution in [-0.4, -0.2) is 36.3 Å². The number of para-hydroxylation sites is 1. The van der Waals surface area contributed by atoms with Gasteiger partial charge in [0, 0.05) is 25.9 Å². The Bertz CT molecular complexity index is 474. The van der Waals surface area contributed by atoms with Gasteiger partial charge in [-0.2, -0.15) is 0 Å². The molecular formula is C13H13Cl2NO3. The number of carbonyl (C=O) groups excluding carboxylic acids is 2. The minimum atomic E-state index is -0.163. The van der Waals surface area contributed by atoms with E-state index in [2.05, 4.69) is 0 Å². The van der Waals surface area contributed by atoms with E-state index in [1.54, 1.807) is 23.1 Å². The fraction of sp³-hybridized carbons (Fsp3) is 0.385. The lowest BCUT2D eigenvalue weighted by Gasteiger charge is -2.26. The lowest BCUT2D eigenvalue weighted by Crippen LogP contribution is -2.41. The van der Waals surface area contributed by atoms with Crippen LogP contribution >= 0.6 is 23.2 Å². The summed E-state index contributed by atoms with van der Waals surface area (Å²) in [4.78, 5) is 24.6. The van der Waals surface area contributed by atoms with E-state index in [4.69, 9.17) is 27.9 Å². The summed E-state index contributed by atoms with van der Waals surface area (Å²) in [5.41, 5.74) is 0. The molecule has 0 N–H and O–H groups in total. The monoisotopic (exact) mass is 301 g/mol. The van der Waals surface area contributed by atoms with Gasteiger partial charge in [0.2, 0.25) is 0 Å². The summed E-state index contributed by atoms with van der Waals surface area (Å²) in [6, 6.07) is 5.00. The van der Waals surface area contributed by atoms with Gasteiger partial charge in [-0.3, -0.25) is 9.59 Å². The minimum absolute atomic E-state index is 0.127. The van der Waals surface area contributed by atoms with E-state index in [9.17, 15) is 9.59 Å². The van der Waals surface area contributed by atoms with Gasteiger partial charge in [-0.05, 0) is 12.1 Å². The van der Waals surface area contributed by atoms with Crippen molar-refractivity contribution in [2.75, 3.05) is 19.7 Å². The van der Waals surface area contributed by atoms with Crippen molar-refractivity contribution >= 4 is 34.9 Å². The summed E-state index contributed by atoms with van der Waals surface area (Å²) >= 11 is 11.9. The molecule has 19 heavy (non-hydrogen) atoms. The molecule has 0 saturated carbocycles. The van der Waals surface area contributed by atoms with Gasteiger partial charge in [-0.15, -0.1) is 0 Å². The second-order valence-electron chi connectivity index (χ2n) is 4.26. The molecule has 4 nitrogen and oxygen atoms in total. The Morgan fingerprint density at radius 2 is 1.79 bits per heavy atom. The zero-order chi connectivity index (χ0) is 13.8. The Hall–Kier alpha value is -1.26. The highest BCUT2D eigenvalue weighted by Gasteiger charge is 2.21. The van der Waals surface area contributed by atoms with E-state index in [1.807, 2.05) is 0 Å². The van der Waals surface area contributed by atoms with Gasteiger partial charge in [0.05, 0.1) is 10.0 Å². The molecule has 1 fully saturated rings. The topological polar surface area (TPSA) is 46.6 Å². The Labute approximate surface area is 121 Å². The number of rotatable bonds is 3. The quantitative estimate of drug-likeness (QED) is 0.862. The van der Waals surface area contributed by atoms with E-state index >= 15 is 0 Å². The molecular weight excluding hydrogens is 289 g/mol. The van der Waals surface area contributed by atoms with Crippen molar-refractivity contribution in [3.8, 4) is 5.75 Å². The van der Waals surface area contributed by atoms with Crippen LogP contribution in [0.25, 0.3) is 0 Å². The van der Waals surface area contributed by atoms with Crippen LogP contribution in [0.15, 0.2) is 18.2 Å². The number of piperidine rings is 1. The average molecular weight is 302 g/mol. The number of likely N-dealkylation sites (tertiary alicyclic amines) is 1. The third kappa shape index (κ3) is 3.61. The molecule has 0 aromatic heterocycles. The SMILES string of the molecule is O=C1CCN(C(=O)COc2c(Cl)cccc2Cl)CC1. The van der Waals surface area contributed by atoms with Crippen LogP contribution < -0.4 is 4.74 Å². The van der Waals surface area contributed by atoms with Crippen molar-refractivity contribution in [1.82, 2.24) is 4.90 Å². The summed E-state index contributed by atoms with van der Waals surface area (Å²) in [6.07, 6.45) is 0.831. The average Bonchev–Trinajstić information content (AvgIpc) is 2.38. The molecule has 1 aromatic carbocycles. The molecule has 0 bridgehead atoms. The Morgan fingerprint density at radius 3 is 2.37 bits per heavy atom. The first kappa shape index (κ1) is 14.2. The summed E-state index contributed by atoms with van der Waals surface area (Å²) in [6.45, 7) is 0.784. The van der Waals surface area contributed by atoms with Crippen molar-refractivity contribution in [1.29, 1.82) is 0 Å². The minimum Gasteiger partial charge on any atom is -0.481 e. The summed E-state index contributed by atoms with van der Waals surface area (Å²) in [5, 5.41) is 0.739. The highest BCUT2D eigenvalue weighted by molar-refractivity contribution is 6.37. The van der Waals surface area contributed by atoms with Crippen molar-refractivity contribution < 1.29 is 14.3 Å². The predicted molar refractivity (Wildman–Crippen MR) is 72.8 cm³/mol. The van der Waals surface area contributed by atoms with Gasteiger partial charge >= 0.3 is 0 Å². The number of halogens is 2. The maximum absolute atomic E-state index is 11.9. The smallest absolute Gasteiger partial charge is 0.260 e. The first-order chi connectivity index (χ1) is 9.08. The van der Waals surface area contributed by atoms with Crippen molar-refractivity contribution in [3.05, 3.63) is 28.2 Å². The number of benzene rings is 1. The molecule has 1 saturated heterocycles. The van der Waals surface area contributed by atoms with Crippen molar-refractivity contribution in [3.63, 3.8) is 0 Å². The van der Waals surface area contributed by atoms with Crippen LogP contribution in [0.4, 0.5) is 0 Å². The molecule has 1 heterocycles. The Kier molecular flexibility index (Phi) is 4.66. The number of Topliss-reactive ketones (excluding diaryl/α,β-unsaturated/α-hetero) is 1. The Morgan fingerprint density at radius 1 is 1.21 bits per heavy atom. The van der Waals surface area contributed by atoms with Gasteiger partial charge in [-0.25, -0.2) is 0 Å². The van der Waals surface area contributed by atoms with Crippen LogP contribution in [0.2, 0.25) is 10.0 Å². The lowest BCUT2D eigenvalue weighted by atomic mass is 10.1. The first-order valence-electron chi connectivity index (χ1n) is 5.94. The third-order valence-corrected chi connectivity index (χ3v) is 3.53. The molecule has 1 aliphatic heterocycles. The molecule has 1 aromatic rings. The maximum atomic E-state index is 11.9. The van der Waals surface area contributed by atoms with Crippen molar-refractivity contribution in [2.45, 2.75) is 12.8 Å². The number of carbonyl (C=O) groups is 2. The number of amides is 1. The predicted octanol–water partition coefficient (Wildman–Crippen LogP) is 2.56. The first-order valence-corrected chi connectivity index (χ1v) is 6.70. The summed E-state index contributed by atoms with van der Waals surface area (Å²) in [7, 11) is 0. The lowest BCUT2D eigenvalue weighted by molar-refractivity contribution is -0.136. The molecule has 2 rings (SSSR count). The van der Waals surface area contributed by atoms with Crippen LogP contribution in [0.1, 0.15) is 12.8 Å². The molecule has 6 heteroatoms. The molecule has 1 amide bonds. The van der Waals surface area contributed by atoms with E-state index < -0.39 is 0 Å². The van der Waals surface area contributed by atoms with E-state index in [1.165, 1.54) is 0 Å². The highest BCUT2D eigenvalue weighted by atomic mass is 35.5. The van der Waals surface area contributed by atoms with Crippen LogP contribution in [0, 0.1) is 0 Å². The molecule has 0 unspecified atom stereocenters. The van der Waals surface area contributed by atoms with Gasteiger partial charge in [0.25, 0.3) is 5.91 Å². The van der Waals surface area contributed by atoms with E-state index in [0.717, 1.165) is 0 Å². The van der Waals surface area contributed by atoms with E-state index in [-0.39, 0.29) is 18.3 Å². The highest BCUT2D eigenvalue weighted by Crippen LogP contribution is 2.32. The molecule has 0 atom stereocenters. The molecule has 0 spiro atoms. The molecule has 1 aliphatic rings. The largest absolute Gasteiger partial charge is 0.481 e. The van der Waals surface area contributed by atoms with Crippen LogP contribution in [-0.2, 0) is 9.59 Å². The fourth-order valence-electron chi connectivity index (χ4n) is 1.85.